The van der Waals surface area contributed by atoms with Gasteiger partial charge in [0.15, 0.2) is 0 Å². The van der Waals surface area contributed by atoms with Gasteiger partial charge in [0, 0.05) is 13.0 Å². The van der Waals surface area contributed by atoms with Gasteiger partial charge < -0.3 is 10.2 Å². The molecule has 0 radical (unpaired) electrons. The predicted molar refractivity (Wildman–Crippen MR) is 79.7 cm³/mol. The number of nitrogens with zero attached hydrogens (tertiary/aromatic N) is 3. The lowest BCUT2D eigenvalue weighted by Gasteiger charge is -2.26. The molecule has 0 aliphatic carbocycles. The van der Waals surface area contributed by atoms with Gasteiger partial charge in [0.2, 0.25) is 5.88 Å². The van der Waals surface area contributed by atoms with E-state index in [4.69, 9.17) is 10.6 Å². The number of piperidine rings is 1. The molecule has 0 saturated carbocycles. The van der Waals surface area contributed by atoms with Gasteiger partial charge in [0.05, 0.1) is 5.56 Å². The van der Waals surface area contributed by atoms with E-state index in [2.05, 4.69) is 20.3 Å². The van der Waals surface area contributed by atoms with E-state index in [1.807, 2.05) is 13.8 Å². The highest BCUT2D eigenvalue weighted by Gasteiger charge is 2.13. The molecular formula is C14H25N5O. The number of nitrogens with two attached hydrogens (primary N) is 1. The van der Waals surface area contributed by atoms with E-state index in [0.29, 0.717) is 18.3 Å². The number of hydrazine groups is 1. The first kappa shape index (κ1) is 15.0. The van der Waals surface area contributed by atoms with Crippen molar-refractivity contribution >= 4 is 5.82 Å². The number of rotatable bonds is 6. The third-order valence-corrected chi connectivity index (χ3v) is 3.70. The molecule has 112 valence electrons. The number of likely N-dealkylation sites (tertiary alicyclic amines) is 1. The molecule has 6 heteroatoms. The molecule has 0 amide bonds. The Morgan fingerprint density at radius 3 is 2.65 bits per heavy atom. The Morgan fingerprint density at radius 2 is 2.00 bits per heavy atom. The van der Waals surface area contributed by atoms with E-state index >= 15 is 0 Å². The van der Waals surface area contributed by atoms with Crippen molar-refractivity contribution in [3.05, 3.63) is 11.4 Å². The minimum Gasteiger partial charge on any atom is -0.476 e. The third-order valence-electron chi connectivity index (χ3n) is 3.70. The second-order valence-corrected chi connectivity index (χ2v) is 5.17. The molecule has 3 N–H and O–H groups in total. The summed E-state index contributed by atoms with van der Waals surface area (Å²) in [6.07, 6.45) is 4.72. The first-order valence-corrected chi connectivity index (χ1v) is 7.44. The monoisotopic (exact) mass is 279 g/mol. The minimum atomic E-state index is 0.641. The Kier molecular flexibility index (Phi) is 5.55. The number of anilines is 1. The molecule has 1 saturated heterocycles. The Balaban J connectivity index is 1.94. The van der Waals surface area contributed by atoms with Crippen LogP contribution in [0, 0.1) is 6.92 Å². The maximum absolute atomic E-state index is 5.84. The van der Waals surface area contributed by atoms with E-state index in [1.165, 1.54) is 32.4 Å². The van der Waals surface area contributed by atoms with Crippen LogP contribution in [0.2, 0.25) is 0 Å². The van der Waals surface area contributed by atoms with Crippen LogP contribution in [0.25, 0.3) is 0 Å². The zero-order valence-corrected chi connectivity index (χ0v) is 12.5. The highest BCUT2D eigenvalue weighted by atomic mass is 16.5. The number of aryl methyl sites for hydroxylation is 1. The number of aromatic nitrogens is 2. The second-order valence-electron chi connectivity index (χ2n) is 5.17. The van der Waals surface area contributed by atoms with Crippen LogP contribution in [0.1, 0.15) is 37.6 Å². The van der Waals surface area contributed by atoms with E-state index in [9.17, 15) is 0 Å². The molecule has 0 bridgehead atoms. The van der Waals surface area contributed by atoms with Crippen LogP contribution in [0.4, 0.5) is 5.82 Å². The maximum Gasteiger partial charge on any atom is 0.221 e. The molecular weight excluding hydrogens is 254 g/mol. The van der Waals surface area contributed by atoms with Gasteiger partial charge in [-0.15, -0.1) is 0 Å². The Hall–Kier alpha value is -1.40. The van der Waals surface area contributed by atoms with Crippen LogP contribution < -0.4 is 16.0 Å². The zero-order chi connectivity index (χ0) is 14.4. The quantitative estimate of drug-likeness (QED) is 0.607. The van der Waals surface area contributed by atoms with Crippen molar-refractivity contribution in [2.75, 3.05) is 31.7 Å². The number of nitrogen functional groups attached to an aromatic ring is 1. The highest BCUT2D eigenvalue weighted by molar-refractivity contribution is 5.47. The minimum absolute atomic E-state index is 0.641. The SMILES string of the molecule is CCc1nc(NN)c(C)c(OCCN2CCCCC2)n1. The number of hydrogen-bond donors (Lipinski definition) is 2. The van der Waals surface area contributed by atoms with Gasteiger partial charge in [0.25, 0.3) is 0 Å². The van der Waals surface area contributed by atoms with Gasteiger partial charge in [-0.05, 0) is 32.9 Å². The lowest BCUT2D eigenvalue weighted by Crippen LogP contribution is -2.33. The van der Waals surface area contributed by atoms with E-state index in [1.54, 1.807) is 0 Å². The van der Waals surface area contributed by atoms with Crippen molar-refractivity contribution in [2.24, 2.45) is 5.84 Å². The molecule has 0 unspecified atom stereocenters. The molecule has 1 aromatic rings. The average Bonchev–Trinajstić information content (AvgIpc) is 2.50. The third kappa shape index (κ3) is 3.80. The first-order valence-electron chi connectivity index (χ1n) is 7.44. The van der Waals surface area contributed by atoms with Crippen LogP contribution in [0.5, 0.6) is 5.88 Å². The summed E-state index contributed by atoms with van der Waals surface area (Å²) in [6, 6.07) is 0. The second kappa shape index (κ2) is 7.40. The van der Waals surface area contributed by atoms with E-state index in [-0.39, 0.29) is 0 Å². The van der Waals surface area contributed by atoms with Crippen molar-refractivity contribution < 1.29 is 4.74 Å². The van der Waals surface area contributed by atoms with Crippen LogP contribution in [0.3, 0.4) is 0 Å². The fourth-order valence-corrected chi connectivity index (χ4v) is 2.43. The van der Waals surface area contributed by atoms with E-state index in [0.717, 1.165) is 24.4 Å². The summed E-state index contributed by atoms with van der Waals surface area (Å²) in [5, 5.41) is 0. The van der Waals surface area contributed by atoms with Crippen molar-refractivity contribution in [3.8, 4) is 5.88 Å². The summed E-state index contributed by atoms with van der Waals surface area (Å²) in [6.45, 7) is 7.92. The van der Waals surface area contributed by atoms with Crippen molar-refractivity contribution in [2.45, 2.75) is 39.5 Å². The normalized spacial score (nSPS) is 16.1. The van der Waals surface area contributed by atoms with Crippen molar-refractivity contribution in [3.63, 3.8) is 0 Å². The maximum atomic E-state index is 5.84. The van der Waals surface area contributed by atoms with Crippen molar-refractivity contribution in [1.29, 1.82) is 0 Å². The summed E-state index contributed by atoms with van der Waals surface area (Å²) < 4.78 is 5.84. The van der Waals surface area contributed by atoms with Gasteiger partial charge in [-0.2, -0.15) is 4.98 Å². The molecule has 1 aliphatic rings. The molecule has 0 aromatic carbocycles. The van der Waals surface area contributed by atoms with Crippen LogP contribution >= 0.6 is 0 Å². The Morgan fingerprint density at radius 1 is 1.25 bits per heavy atom. The molecule has 1 aliphatic heterocycles. The molecule has 0 spiro atoms. The van der Waals surface area contributed by atoms with Gasteiger partial charge >= 0.3 is 0 Å². The van der Waals surface area contributed by atoms with Gasteiger partial charge in [-0.1, -0.05) is 13.3 Å². The van der Waals surface area contributed by atoms with Crippen LogP contribution in [-0.2, 0) is 6.42 Å². The summed E-state index contributed by atoms with van der Waals surface area (Å²) in [5.41, 5.74) is 3.47. The molecule has 2 rings (SSSR count). The van der Waals surface area contributed by atoms with Gasteiger partial charge in [-0.3, -0.25) is 4.90 Å². The standard InChI is InChI=1S/C14H25N5O/c1-3-12-16-13(18-15)11(2)14(17-12)20-10-9-19-7-5-4-6-8-19/h3-10,15H2,1-2H3,(H,16,17,18). The molecule has 20 heavy (non-hydrogen) atoms. The fraction of sp³-hybridized carbons (Fsp3) is 0.714. The molecule has 0 atom stereocenters. The largest absolute Gasteiger partial charge is 0.476 e. The lowest BCUT2D eigenvalue weighted by molar-refractivity contribution is 0.180. The fourth-order valence-electron chi connectivity index (χ4n) is 2.43. The van der Waals surface area contributed by atoms with Gasteiger partial charge in [-0.25, -0.2) is 10.8 Å². The average molecular weight is 279 g/mol. The van der Waals surface area contributed by atoms with Gasteiger partial charge in [0.1, 0.15) is 18.2 Å². The predicted octanol–water partition coefficient (Wildman–Crippen LogP) is 1.50. The Bertz CT molecular complexity index is 432. The van der Waals surface area contributed by atoms with Crippen molar-refractivity contribution in [1.82, 2.24) is 14.9 Å². The molecule has 2 heterocycles. The van der Waals surface area contributed by atoms with Crippen LogP contribution in [0.15, 0.2) is 0 Å². The summed E-state index contributed by atoms with van der Waals surface area (Å²) >= 11 is 0. The van der Waals surface area contributed by atoms with Crippen LogP contribution in [-0.4, -0.2) is 41.1 Å². The highest BCUT2D eigenvalue weighted by Crippen LogP contribution is 2.21. The lowest BCUT2D eigenvalue weighted by atomic mass is 10.1. The zero-order valence-electron chi connectivity index (χ0n) is 12.5. The Labute approximate surface area is 120 Å². The molecule has 6 nitrogen and oxygen atoms in total. The first-order chi connectivity index (χ1) is 9.74. The number of ether oxygens (including phenoxy) is 1. The summed E-state index contributed by atoms with van der Waals surface area (Å²) in [4.78, 5) is 11.2. The molecule has 1 aromatic heterocycles. The summed E-state index contributed by atoms with van der Waals surface area (Å²) in [7, 11) is 0. The molecule has 1 fully saturated rings. The smallest absolute Gasteiger partial charge is 0.221 e. The number of nitrogens with one attached hydrogen (secondary N) is 1. The van der Waals surface area contributed by atoms with E-state index < -0.39 is 0 Å². The number of hydrogen-bond acceptors (Lipinski definition) is 6. The topological polar surface area (TPSA) is 76.3 Å². The summed E-state index contributed by atoms with van der Waals surface area (Å²) in [5.74, 6) is 7.52.